The summed E-state index contributed by atoms with van der Waals surface area (Å²) in [6, 6.07) is 8.27. The molecule has 0 aliphatic carbocycles. The second-order valence-electron chi connectivity index (χ2n) is 10.8. The maximum absolute atomic E-state index is 13.5. The maximum atomic E-state index is 13.5. The van der Waals surface area contributed by atoms with Gasteiger partial charge in [-0.15, -0.1) is 0 Å². The van der Waals surface area contributed by atoms with Crippen molar-refractivity contribution in [2.75, 3.05) is 0 Å². The number of hydrogen-bond acceptors (Lipinski definition) is 9. The van der Waals surface area contributed by atoms with Gasteiger partial charge in [-0.25, -0.2) is 4.98 Å². The van der Waals surface area contributed by atoms with Crippen LogP contribution in [-0.2, 0) is 34.9 Å². The van der Waals surface area contributed by atoms with Crippen molar-refractivity contribution in [3.8, 4) is 0 Å². The van der Waals surface area contributed by atoms with Crippen molar-refractivity contribution in [1.82, 2.24) is 20.6 Å². The Labute approximate surface area is 228 Å². The second kappa shape index (κ2) is 13.3. The van der Waals surface area contributed by atoms with Gasteiger partial charge in [0, 0.05) is 18.8 Å². The van der Waals surface area contributed by atoms with Crippen molar-refractivity contribution in [1.29, 1.82) is 0 Å². The minimum Gasteiger partial charge on any atom is -0.506 e. The average Bonchev–Trinajstić information content (AvgIpc) is 3.22. The third kappa shape index (κ3) is 9.47. The molecule has 0 bridgehead atoms. The molecule has 1 aliphatic rings. The molecule has 1 aliphatic heterocycles. The SMILES string of the molecule is CC(C)CC(NC(=O)C(Cc1ccccc1)NC(=O)c1cnccn1)B1OC(=O)[C@@H](CC(=O)OC(C)(C)C)O1. The third-order valence-electron chi connectivity index (χ3n) is 5.65. The molecule has 2 aromatic rings. The summed E-state index contributed by atoms with van der Waals surface area (Å²) in [4.78, 5) is 59.0. The topological polar surface area (TPSA) is 146 Å². The Morgan fingerprint density at radius 1 is 1.10 bits per heavy atom. The Morgan fingerprint density at radius 3 is 2.44 bits per heavy atom. The molecule has 11 nitrogen and oxygen atoms in total. The van der Waals surface area contributed by atoms with Gasteiger partial charge in [0.15, 0.2) is 6.10 Å². The fourth-order valence-corrected chi connectivity index (χ4v) is 4.02. The summed E-state index contributed by atoms with van der Waals surface area (Å²) < 4.78 is 16.5. The lowest BCUT2D eigenvalue weighted by Crippen LogP contribution is -2.55. The van der Waals surface area contributed by atoms with Crippen molar-refractivity contribution in [3.63, 3.8) is 0 Å². The normalized spacial score (nSPS) is 16.8. The van der Waals surface area contributed by atoms with Gasteiger partial charge in [-0.1, -0.05) is 44.2 Å². The number of nitrogens with one attached hydrogen (secondary N) is 2. The number of nitrogens with zero attached hydrogens (tertiary/aromatic N) is 2. The van der Waals surface area contributed by atoms with Crippen molar-refractivity contribution in [3.05, 3.63) is 60.2 Å². The van der Waals surface area contributed by atoms with Gasteiger partial charge in [0.1, 0.15) is 17.3 Å². The maximum Gasteiger partial charge on any atom is 0.552 e. The molecule has 1 aromatic carbocycles. The van der Waals surface area contributed by atoms with E-state index in [-0.39, 0.29) is 24.5 Å². The lowest BCUT2D eigenvalue weighted by Gasteiger charge is -2.25. The van der Waals surface area contributed by atoms with E-state index in [2.05, 4.69) is 20.6 Å². The zero-order valence-corrected chi connectivity index (χ0v) is 22.9. The van der Waals surface area contributed by atoms with Crippen LogP contribution in [0.1, 0.15) is 63.5 Å². The highest BCUT2D eigenvalue weighted by Crippen LogP contribution is 2.21. The van der Waals surface area contributed by atoms with Crippen LogP contribution >= 0.6 is 0 Å². The minimum absolute atomic E-state index is 0.0696. The molecule has 2 heterocycles. The largest absolute Gasteiger partial charge is 0.552 e. The molecule has 0 spiro atoms. The molecule has 2 N–H and O–H groups in total. The number of hydrogen-bond donors (Lipinski definition) is 2. The number of esters is 1. The Morgan fingerprint density at radius 2 is 1.82 bits per heavy atom. The van der Waals surface area contributed by atoms with Crippen LogP contribution in [0.4, 0.5) is 0 Å². The van der Waals surface area contributed by atoms with E-state index in [4.69, 9.17) is 14.0 Å². The molecule has 1 saturated heterocycles. The Kier molecular flexibility index (Phi) is 10.2. The number of benzene rings is 1. The summed E-state index contributed by atoms with van der Waals surface area (Å²) in [6.45, 7) is 9.08. The van der Waals surface area contributed by atoms with Crippen LogP contribution in [0.25, 0.3) is 0 Å². The molecule has 1 fully saturated rings. The van der Waals surface area contributed by atoms with Crippen LogP contribution in [0, 0.1) is 5.92 Å². The van der Waals surface area contributed by atoms with E-state index in [0.717, 1.165) is 5.56 Å². The minimum atomic E-state index is -1.15. The molecule has 1 aromatic heterocycles. The van der Waals surface area contributed by atoms with Gasteiger partial charge >= 0.3 is 19.1 Å². The van der Waals surface area contributed by atoms with Crippen LogP contribution in [-0.4, -0.2) is 64.5 Å². The molecule has 2 unspecified atom stereocenters. The summed E-state index contributed by atoms with van der Waals surface area (Å²) in [6.07, 6.45) is 3.32. The smallest absolute Gasteiger partial charge is 0.506 e. The summed E-state index contributed by atoms with van der Waals surface area (Å²) >= 11 is 0. The number of carbonyl (C=O) groups excluding carboxylic acids is 4. The number of rotatable bonds is 11. The molecule has 12 heteroatoms. The molecule has 39 heavy (non-hydrogen) atoms. The third-order valence-corrected chi connectivity index (χ3v) is 5.65. The first kappa shape index (κ1) is 29.8. The monoisotopic (exact) mass is 538 g/mol. The molecule has 0 radical (unpaired) electrons. The van der Waals surface area contributed by atoms with Gasteiger partial charge in [0.05, 0.1) is 18.6 Å². The van der Waals surface area contributed by atoms with Crippen LogP contribution < -0.4 is 10.6 Å². The van der Waals surface area contributed by atoms with Gasteiger partial charge in [0.2, 0.25) is 5.91 Å². The molecular formula is C27H35BN4O7. The van der Waals surface area contributed by atoms with E-state index >= 15 is 0 Å². The summed E-state index contributed by atoms with van der Waals surface area (Å²) in [7, 11) is -1.11. The van der Waals surface area contributed by atoms with Crippen LogP contribution in [0.5, 0.6) is 0 Å². The molecule has 2 amide bonds. The van der Waals surface area contributed by atoms with E-state index in [9.17, 15) is 19.2 Å². The predicted octanol–water partition coefficient (Wildman–Crippen LogP) is 2.05. The standard InChI is InChI=1S/C27H35BN4O7/c1-17(2)13-22(28-38-21(26(36)39-28)15-23(33)37-27(3,4)5)32-24(34)19(14-18-9-7-6-8-10-18)31-25(35)20-16-29-11-12-30-20/h6-12,16-17,19,21-22H,13-15H2,1-5H3,(H,31,35)(H,32,34)/t19?,21-,22?/m1/s1. The van der Waals surface area contributed by atoms with Crippen LogP contribution in [0.2, 0.25) is 0 Å². The summed E-state index contributed by atoms with van der Waals surface area (Å²) in [5.74, 6) is -2.96. The molecule has 3 rings (SSSR count). The van der Waals surface area contributed by atoms with Gasteiger partial charge in [-0.3, -0.25) is 24.2 Å². The van der Waals surface area contributed by atoms with E-state index in [1.54, 1.807) is 20.8 Å². The molecule has 0 saturated carbocycles. The number of aromatic nitrogens is 2. The average molecular weight is 538 g/mol. The lowest BCUT2D eigenvalue weighted by molar-refractivity contribution is -0.158. The predicted molar refractivity (Wildman–Crippen MR) is 142 cm³/mol. The first-order valence-corrected chi connectivity index (χ1v) is 12.9. The quantitative estimate of drug-likeness (QED) is 0.324. The number of carbonyl (C=O) groups is 4. The van der Waals surface area contributed by atoms with Gasteiger partial charge in [-0.2, -0.15) is 0 Å². The zero-order chi connectivity index (χ0) is 28.6. The number of ether oxygens (including phenoxy) is 1. The van der Waals surface area contributed by atoms with Crippen LogP contribution in [0.15, 0.2) is 48.9 Å². The summed E-state index contributed by atoms with van der Waals surface area (Å²) in [5, 5.41) is 5.62. The highest BCUT2D eigenvalue weighted by atomic mass is 16.7. The van der Waals surface area contributed by atoms with E-state index in [0.29, 0.717) is 6.42 Å². The number of amides is 2. The first-order chi connectivity index (χ1) is 18.4. The van der Waals surface area contributed by atoms with Gasteiger partial charge in [-0.05, 0) is 38.7 Å². The van der Waals surface area contributed by atoms with Gasteiger partial charge < -0.3 is 24.7 Å². The van der Waals surface area contributed by atoms with E-state index in [1.807, 2.05) is 44.2 Å². The molecule has 3 atom stereocenters. The highest BCUT2D eigenvalue weighted by molar-refractivity contribution is 6.51. The molecular weight excluding hydrogens is 503 g/mol. The Hall–Kier alpha value is -3.80. The first-order valence-electron chi connectivity index (χ1n) is 12.9. The van der Waals surface area contributed by atoms with Crippen LogP contribution in [0.3, 0.4) is 0 Å². The second-order valence-corrected chi connectivity index (χ2v) is 10.8. The summed E-state index contributed by atoms with van der Waals surface area (Å²) in [5.41, 5.74) is 0.190. The fraction of sp³-hybridized carbons (Fsp3) is 0.481. The van der Waals surface area contributed by atoms with Crippen molar-refractivity contribution >= 4 is 30.9 Å². The highest BCUT2D eigenvalue weighted by Gasteiger charge is 2.47. The van der Waals surface area contributed by atoms with Gasteiger partial charge in [0.25, 0.3) is 5.91 Å². The Bertz CT molecular complexity index is 1140. The zero-order valence-electron chi connectivity index (χ0n) is 22.9. The molecule has 208 valence electrons. The van der Waals surface area contributed by atoms with E-state index < -0.39 is 54.6 Å². The fourth-order valence-electron chi connectivity index (χ4n) is 4.02. The lowest BCUT2D eigenvalue weighted by atomic mass is 9.74. The van der Waals surface area contributed by atoms with Crippen molar-refractivity contribution in [2.24, 2.45) is 5.92 Å². The Balaban J connectivity index is 1.74. The van der Waals surface area contributed by atoms with Crippen molar-refractivity contribution < 1.29 is 33.2 Å². The van der Waals surface area contributed by atoms with E-state index in [1.165, 1.54) is 18.6 Å². The van der Waals surface area contributed by atoms with Crippen molar-refractivity contribution in [2.45, 2.75) is 77.6 Å².